The van der Waals surface area contributed by atoms with Crippen LogP contribution in [0.25, 0.3) is 0 Å². The van der Waals surface area contributed by atoms with Gasteiger partial charge in [-0.25, -0.2) is 4.98 Å². The molecule has 1 aromatic rings. The minimum Gasteiger partial charge on any atom is -0.471 e. The van der Waals surface area contributed by atoms with Crippen molar-refractivity contribution in [2.75, 3.05) is 6.54 Å². The van der Waals surface area contributed by atoms with E-state index in [1.807, 2.05) is 0 Å². The van der Waals surface area contributed by atoms with Gasteiger partial charge in [0.15, 0.2) is 0 Å². The van der Waals surface area contributed by atoms with Crippen LogP contribution in [0.2, 0.25) is 0 Å². The van der Waals surface area contributed by atoms with Crippen LogP contribution in [0.15, 0.2) is 12.4 Å². The van der Waals surface area contributed by atoms with Crippen LogP contribution in [-0.2, 0) is 6.54 Å². The van der Waals surface area contributed by atoms with Gasteiger partial charge in [-0.2, -0.15) is 0 Å². The maximum absolute atomic E-state index is 5.82. The first-order chi connectivity index (χ1) is 8.43. The highest BCUT2D eigenvalue weighted by molar-refractivity contribution is 5.09. The summed E-state index contributed by atoms with van der Waals surface area (Å²) < 4.78 is 5.82. The van der Waals surface area contributed by atoms with Crippen LogP contribution in [0, 0.1) is 5.92 Å². The Hall–Kier alpha value is -1.16. The van der Waals surface area contributed by atoms with Gasteiger partial charge in [0.05, 0.1) is 11.9 Å². The van der Waals surface area contributed by atoms with Crippen LogP contribution in [0.3, 0.4) is 0 Å². The molecule has 1 heterocycles. The summed E-state index contributed by atoms with van der Waals surface area (Å²) in [6.07, 6.45) is 4.38. The lowest BCUT2D eigenvalue weighted by molar-refractivity contribution is 0.0981. The van der Waals surface area contributed by atoms with Gasteiger partial charge in [-0.1, -0.05) is 20.8 Å². The minimum absolute atomic E-state index is 0.196. The smallest absolute Gasteiger partial charge is 0.233 e. The van der Waals surface area contributed by atoms with Crippen LogP contribution in [0.5, 0.6) is 5.88 Å². The van der Waals surface area contributed by atoms with Crippen molar-refractivity contribution in [3.05, 3.63) is 18.1 Å². The fourth-order valence-corrected chi connectivity index (χ4v) is 1.36. The average molecular weight is 251 g/mol. The molecule has 0 aliphatic carbocycles. The molecule has 102 valence electrons. The van der Waals surface area contributed by atoms with Crippen molar-refractivity contribution in [3.63, 3.8) is 0 Å². The largest absolute Gasteiger partial charge is 0.471 e. The third-order valence-electron chi connectivity index (χ3n) is 2.75. The summed E-state index contributed by atoms with van der Waals surface area (Å²) >= 11 is 0. The molecule has 0 radical (unpaired) electrons. The lowest BCUT2D eigenvalue weighted by Gasteiger charge is -2.23. The molecule has 0 aliphatic heterocycles. The third kappa shape index (κ3) is 5.45. The first kappa shape index (κ1) is 14.9. The van der Waals surface area contributed by atoms with Gasteiger partial charge < -0.3 is 10.1 Å². The highest BCUT2D eigenvalue weighted by Crippen LogP contribution is 2.17. The van der Waals surface area contributed by atoms with E-state index in [1.165, 1.54) is 0 Å². The fourth-order valence-electron chi connectivity index (χ4n) is 1.36. The first-order valence-corrected chi connectivity index (χ1v) is 6.63. The van der Waals surface area contributed by atoms with E-state index in [4.69, 9.17) is 4.74 Å². The fraction of sp³-hybridized carbons (Fsp3) is 0.714. The van der Waals surface area contributed by atoms with E-state index in [9.17, 15) is 0 Å². The molecule has 1 aromatic heterocycles. The van der Waals surface area contributed by atoms with Crippen LogP contribution in [0.1, 0.15) is 46.7 Å². The summed E-state index contributed by atoms with van der Waals surface area (Å²) in [5.41, 5.74) is 0.721. The Balaban J connectivity index is 2.57. The van der Waals surface area contributed by atoms with E-state index >= 15 is 0 Å². The Morgan fingerprint density at radius 2 is 2.06 bits per heavy atom. The topological polar surface area (TPSA) is 47.0 Å². The monoisotopic (exact) mass is 251 g/mol. The Bertz CT molecular complexity index is 364. The summed E-state index contributed by atoms with van der Waals surface area (Å²) in [6, 6.07) is 0. The zero-order valence-corrected chi connectivity index (χ0v) is 12.2. The van der Waals surface area contributed by atoms with Gasteiger partial charge in [0.1, 0.15) is 5.60 Å². The molecule has 1 N–H and O–H groups in total. The number of ether oxygens (including phenoxy) is 1. The SMILES string of the molecule is CCC(C)(C)Oc1cncc(CNCC(C)C)n1. The zero-order chi connectivity index (χ0) is 13.6. The standard InChI is InChI=1S/C14H25N3O/c1-6-14(4,5)18-13-10-16-9-12(17-13)8-15-7-11(2)3/h9-11,15H,6-8H2,1-5H3. The van der Waals surface area contributed by atoms with Crippen molar-refractivity contribution < 1.29 is 4.74 Å². The minimum atomic E-state index is -0.196. The van der Waals surface area contributed by atoms with Crippen molar-refractivity contribution in [2.45, 2.75) is 53.2 Å². The molecule has 0 atom stereocenters. The van der Waals surface area contributed by atoms with Crippen LogP contribution >= 0.6 is 0 Å². The van der Waals surface area contributed by atoms with Gasteiger partial charge in [-0.15, -0.1) is 0 Å². The molecule has 0 saturated carbocycles. The van der Waals surface area contributed by atoms with Crippen LogP contribution in [0.4, 0.5) is 0 Å². The molecule has 0 unspecified atom stereocenters. The van der Waals surface area contributed by atoms with Crippen molar-refractivity contribution in [1.82, 2.24) is 15.3 Å². The van der Waals surface area contributed by atoms with E-state index < -0.39 is 0 Å². The number of nitrogens with zero attached hydrogens (tertiary/aromatic N) is 2. The van der Waals surface area contributed by atoms with Gasteiger partial charge >= 0.3 is 0 Å². The summed E-state index contributed by atoms with van der Waals surface area (Å²) in [5.74, 6) is 1.24. The van der Waals surface area contributed by atoms with Crippen LogP contribution < -0.4 is 10.1 Å². The maximum atomic E-state index is 5.82. The number of rotatable bonds is 7. The van der Waals surface area contributed by atoms with Gasteiger partial charge in [-0.3, -0.25) is 4.98 Å². The zero-order valence-electron chi connectivity index (χ0n) is 12.2. The Kier molecular flexibility index (Phi) is 5.54. The molecule has 0 bridgehead atoms. The van der Waals surface area contributed by atoms with E-state index in [1.54, 1.807) is 12.4 Å². The molecule has 0 fully saturated rings. The summed E-state index contributed by atoms with van der Waals surface area (Å²) in [5, 5.41) is 3.35. The number of hydrogen-bond acceptors (Lipinski definition) is 4. The van der Waals surface area contributed by atoms with Crippen molar-refractivity contribution in [3.8, 4) is 5.88 Å². The second kappa shape index (κ2) is 6.69. The molecule has 1 rings (SSSR count). The third-order valence-corrected chi connectivity index (χ3v) is 2.75. The van der Waals surface area contributed by atoms with Gasteiger partial charge in [-0.05, 0) is 32.7 Å². The molecular formula is C14H25N3O. The van der Waals surface area contributed by atoms with Crippen LogP contribution in [-0.4, -0.2) is 22.1 Å². The molecule has 0 spiro atoms. The summed E-state index contributed by atoms with van der Waals surface area (Å²) in [6.45, 7) is 12.3. The first-order valence-electron chi connectivity index (χ1n) is 6.63. The Labute approximate surface area is 110 Å². The quantitative estimate of drug-likeness (QED) is 0.809. The van der Waals surface area contributed by atoms with Crippen molar-refractivity contribution in [1.29, 1.82) is 0 Å². The molecule has 4 heteroatoms. The van der Waals surface area contributed by atoms with Gasteiger partial charge in [0, 0.05) is 12.7 Å². The van der Waals surface area contributed by atoms with E-state index in [-0.39, 0.29) is 5.60 Å². The Morgan fingerprint density at radius 1 is 1.33 bits per heavy atom. The van der Waals surface area contributed by atoms with Gasteiger partial charge in [0.25, 0.3) is 0 Å². The molecule has 4 nitrogen and oxygen atoms in total. The molecule has 18 heavy (non-hydrogen) atoms. The normalized spacial score (nSPS) is 11.9. The number of hydrogen-bond donors (Lipinski definition) is 1. The maximum Gasteiger partial charge on any atom is 0.233 e. The van der Waals surface area contributed by atoms with E-state index in [0.717, 1.165) is 25.2 Å². The van der Waals surface area contributed by atoms with Crippen molar-refractivity contribution in [2.24, 2.45) is 5.92 Å². The number of nitrogens with one attached hydrogen (secondary N) is 1. The van der Waals surface area contributed by atoms with E-state index in [2.05, 4.69) is 49.9 Å². The predicted molar refractivity (Wildman–Crippen MR) is 73.6 cm³/mol. The second-order valence-electron chi connectivity index (χ2n) is 5.59. The summed E-state index contributed by atoms with van der Waals surface area (Å²) in [4.78, 5) is 8.63. The molecular weight excluding hydrogens is 226 g/mol. The number of aromatic nitrogens is 2. The summed E-state index contributed by atoms with van der Waals surface area (Å²) in [7, 11) is 0. The Morgan fingerprint density at radius 3 is 2.67 bits per heavy atom. The highest BCUT2D eigenvalue weighted by atomic mass is 16.5. The predicted octanol–water partition coefficient (Wildman–Crippen LogP) is 2.79. The molecule has 0 aromatic carbocycles. The molecule has 0 amide bonds. The lowest BCUT2D eigenvalue weighted by atomic mass is 10.1. The van der Waals surface area contributed by atoms with Crippen molar-refractivity contribution >= 4 is 0 Å². The second-order valence-corrected chi connectivity index (χ2v) is 5.59. The lowest BCUT2D eigenvalue weighted by Crippen LogP contribution is -2.27. The average Bonchev–Trinajstić information content (AvgIpc) is 2.28. The highest BCUT2D eigenvalue weighted by Gasteiger charge is 2.17. The van der Waals surface area contributed by atoms with Gasteiger partial charge in [0.2, 0.25) is 5.88 Å². The van der Waals surface area contributed by atoms with E-state index in [0.29, 0.717) is 11.8 Å². The molecule has 0 saturated heterocycles. The molecule has 0 aliphatic rings.